The van der Waals surface area contributed by atoms with Crippen molar-refractivity contribution in [3.63, 3.8) is 0 Å². The first-order chi connectivity index (χ1) is 23.8. The van der Waals surface area contributed by atoms with E-state index < -0.39 is 0 Å². The van der Waals surface area contributed by atoms with E-state index in [9.17, 15) is 0 Å². The normalized spacial score (nSPS) is 11.8. The van der Waals surface area contributed by atoms with Gasteiger partial charge in [-0.25, -0.2) is 9.97 Å². The number of benzene rings is 7. The molecule has 3 aromatic heterocycles. The van der Waals surface area contributed by atoms with Crippen LogP contribution >= 0.6 is 0 Å². The Bertz CT molecular complexity index is 2830. The standard InChI is InChI=1S/C44H28N4/c1-3-14-29(15-4-1)43-44(46-38-23-10-9-22-37(38)45-43)30-16-13-19-32(26-30)48-40-25-12-8-21-34(40)36-27-41-35(28-42(36)48)33-20-7-11-24-39(33)47(41)31-17-5-2-6-18-31/h1-28H. The van der Waals surface area contributed by atoms with Crippen LogP contribution in [-0.4, -0.2) is 19.1 Å². The van der Waals surface area contributed by atoms with Crippen LogP contribution in [0.5, 0.6) is 0 Å². The van der Waals surface area contributed by atoms with Gasteiger partial charge in [0, 0.05) is 44.0 Å². The van der Waals surface area contributed by atoms with Gasteiger partial charge in [-0.1, -0.05) is 109 Å². The van der Waals surface area contributed by atoms with Crippen LogP contribution in [0.15, 0.2) is 170 Å². The third-order valence-electron chi connectivity index (χ3n) is 9.48. The summed E-state index contributed by atoms with van der Waals surface area (Å²) in [7, 11) is 0. The topological polar surface area (TPSA) is 35.6 Å². The Morgan fingerprint density at radius 1 is 0.312 bits per heavy atom. The van der Waals surface area contributed by atoms with Crippen molar-refractivity contribution < 1.29 is 0 Å². The Balaban J connectivity index is 1.25. The Morgan fingerprint density at radius 2 is 0.771 bits per heavy atom. The highest BCUT2D eigenvalue weighted by Gasteiger charge is 2.19. The van der Waals surface area contributed by atoms with Crippen molar-refractivity contribution in [1.82, 2.24) is 19.1 Å². The van der Waals surface area contributed by atoms with Crippen LogP contribution in [0.4, 0.5) is 0 Å². The van der Waals surface area contributed by atoms with Gasteiger partial charge in [-0.3, -0.25) is 0 Å². The molecule has 0 N–H and O–H groups in total. The highest BCUT2D eigenvalue weighted by atomic mass is 15.0. The SMILES string of the molecule is c1ccc(-c2nc3ccccc3nc2-c2cccc(-n3c4ccccc4c4cc5c(cc43)c3ccccc3n5-c3ccccc3)c2)cc1. The van der Waals surface area contributed by atoms with Crippen molar-refractivity contribution in [1.29, 1.82) is 0 Å². The molecule has 0 aliphatic carbocycles. The molecule has 4 heteroatoms. The van der Waals surface area contributed by atoms with Crippen LogP contribution in [0.1, 0.15) is 0 Å². The molecule has 0 aliphatic rings. The van der Waals surface area contributed by atoms with Crippen molar-refractivity contribution in [3.8, 4) is 33.9 Å². The van der Waals surface area contributed by atoms with Crippen molar-refractivity contribution in [3.05, 3.63) is 170 Å². The van der Waals surface area contributed by atoms with Crippen LogP contribution in [0.2, 0.25) is 0 Å². The molecule has 0 bridgehead atoms. The van der Waals surface area contributed by atoms with Crippen molar-refractivity contribution in [2.75, 3.05) is 0 Å². The number of hydrogen-bond acceptors (Lipinski definition) is 2. The summed E-state index contributed by atoms with van der Waals surface area (Å²) >= 11 is 0. The van der Waals surface area contributed by atoms with Gasteiger partial charge in [-0.2, -0.15) is 0 Å². The monoisotopic (exact) mass is 612 g/mol. The average molecular weight is 613 g/mol. The first-order valence-corrected chi connectivity index (χ1v) is 16.3. The Labute approximate surface area is 276 Å². The van der Waals surface area contributed by atoms with E-state index in [-0.39, 0.29) is 0 Å². The molecule has 0 fully saturated rings. The fraction of sp³-hybridized carbons (Fsp3) is 0. The number of nitrogens with zero attached hydrogens (tertiary/aromatic N) is 4. The van der Waals surface area contributed by atoms with Gasteiger partial charge < -0.3 is 9.13 Å². The third kappa shape index (κ3) is 4.03. The summed E-state index contributed by atoms with van der Waals surface area (Å²) in [6, 6.07) is 60.1. The van der Waals surface area contributed by atoms with Gasteiger partial charge in [0.2, 0.25) is 0 Å². The summed E-state index contributed by atoms with van der Waals surface area (Å²) < 4.78 is 4.79. The molecule has 0 radical (unpaired) electrons. The van der Waals surface area contributed by atoms with Gasteiger partial charge in [0.1, 0.15) is 0 Å². The van der Waals surface area contributed by atoms with E-state index in [2.05, 4.69) is 149 Å². The second-order valence-electron chi connectivity index (χ2n) is 12.3. The maximum atomic E-state index is 5.20. The first kappa shape index (κ1) is 26.7. The molecule has 4 nitrogen and oxygen atoms in total. The molecule has 7 aromatic carbocycles. The molecule has 0 atom stereocenters. The summed E-state index contributed by atoms with van der Waals surface area (Å²) in [6.07, 6.45) is 0. The molecular weight excluding hydrogens is 585 g/mol. The smallest absolute Gasteiger partial charge is 0.0973 e. The van der Waals surface area contributed by atoms with E-state index >= 15 is 0 Å². The second kappa shape index (κ2) is 10.5. The van der Waals surface area contributed by atoms with E-state index in [0.717, 1.165) is 44.9 Å². The molecule has 10 aromatic rings. The molecule has 0 amide bonds. The maximum Gasteiger partial charge on any atom is 0.0973 e. The molecular formula is C44H28N4. The minimum Gasteiger partial charge on any atom is -0.309 e. The lowest BCUT2D eigenvalue weighted by molar-refractivity contribution is 1.17. The van der Waals surface area contributed by atoms with Crippen LogP contribution < -0.4 is 0 Å². The quantitative estimate of drug-likeness (QED) is 0.198. The molecule has 0 saturated carbocycles. The zero-order chi connectivity index (χ0) is 31.6. The van der Waals surface area contributed by atoms with Gasteiger partial charge >= 0.3 is 0 Å². The van der Waals surface area contributed by atoms with Gasteiger partial charge in [0.15, 0.2) is 0 Å². The van der Waals surface area contributed by atoms with Crippen LogP contribution in [0.25, 0.3) is 88.5 Å². The first-order valence-electron chi connectivity index (χ1n) is 16.3. The van der Waals surface area contributed by atoms with Gasteiger partial charge in [0.25, 0.3) is 0 Å². The van der Waals surface area contributed by atoms with Crippen molar-refractivity contribution >= 4 is 54.6 Å². The van der Waals surface area contributed by atoms with Crippen LogP contribution in [0, 0.1) is 0 Å². The van der Waals surface area contributed by atoms with Crippen LogP contribution in [0.3, 0.4) is 0 Å². The summed E-state index contributed by atoms with van der Waals surface area (Å²) in [6.45, 7) is 0. The fourth-order valence-electron chi connectivity index (χ4n) is 7.35. The summed E-state index contributed by atoms with van der Waals surface area (Å²) in [5, 5.41) is 4.91. The molecule has 0 spiro atoms. The Morgan fingerprint density at radius 3 is 1.40 bits per heavy atom. The molecule has 0 saturated heterocycles. The summed E-state index contributed by atoms with van der Waals surface area (Å²) in [5.74, 6) is 0. The van der Waals surface area contributed by atoms with E-state index in [1.165, 1.54) is 43.6 Å². The second-order valence-corrected chi connectivity index (χ2v) is 12.3. The number of fused-ring (bicyclic) bond motifs is 7. The highest BCUT2D eigenvalue weighted by molar-refractivity contribution is 6.19. The van der Waals surface area contributed by atoms with Gasteiger partial charge in [-0.05, 0) is 60.7 Å². The van der Waals surface area contributed by atoms with Gasteiger partial charge in [0.05, 0.1) is 44.5 Å². The van der Waals surface area contributed by atoms with Crippen molar-refractivity contribution in [2.24, 2.45) is 0 Å². The largest absolute Gasteiger partial charge is 0.309 e. The highest BCUT2D eigenvalue weighted by Crippen LogP contribution is 2.40. The average Bonchev–Trinajstić information content (AvgIpc) is 3.66. The van der Waals surface area contributed by atoms with E-state index in [0.29, 0.717) is 0 Å². The number of para-hydroxylation sites is 5. The molecule has 48 heavy (non-hydrogen) atoms. The lowest BCUT2D eigenvalue weighted by atomic mass is 10.0. The number of aromatic nitrogens is 4. The lowest BCUT2D eigenvalue weighted by Crippen LogP contribution is -1.98. The summed E-state index contributed by atoms with van der Waals surface area (Å²) in [4.78, 5) is 10.3. The van der Waals surface area contributed by atoms with Crippen molar-refractivity contribution in [2.45, 2.75) is 0 Å². The zero-order valence-corrected chi connectivity index (χ0v) is 26.0. The zero-order valence-electron chi connectivity index (χ0n) is 26.0. The van der Waals surface area contributed by atoms with E-state index in [1.54, 1.807) is 0 Å². The Hall–Kier alpha value is -6.52. The molecule has 3 heterocycles. The predicted octanol–water partition coefficient (Wildman–Crippen LogP) is 11.2. The van der Waals surface area contributed by atoms with E-state index in [4.69, 9.17) is 9.97 Å². The van der Waals surface area contributed by atoms with E-state index in [1.807, 2.05) is 30.3 Å². The fourth-order valence-corrected chi connectivity index (χ4v) is 7.35. The summed E-state index contributed by atoms with van der Waals surface area (Å²) in [5.41, 5.74) is 12.6. The minimum absolute atomic E-state index is 0.871. The minimum atomic E-state index is 0.871. The van der Waals surface area contributed by atoms with Crippen LogP contribution in [-0.2, 0) is 0 Å². The maximum absolute atomic E-state index is 5.20. The number of hydrogen-bond donors (Lipinski definition) is 0. The lowest BCUT2D eigenvalue weighted by Gasteiger charge is -2.13. The third-order valence-corrected chi connectivity index (χ3v) is 9.48. The van der Waals surface area contributed by atoms with Gasteiger partial charge in [-0.15, -0.1) is 0 Å². The molecule has 0 aliphatic heterocycles. The number of rotatable bonds is 4. The predicted molar refractivity (Wildman–Crippen MR) is 199 cm³/mol. The molecule has 0 unspecified atom stereocenters. The molecule has 224 valence electrons. The molecule has 10 rings (SSSR count). The Kier molecular flexibility index (Phi) is 5.84.